The molecule has 5 atom stereocenters. The number of para-hydroxylation sites is 1. The van der Waals surface area contributed by atoms with E-state index in [1.54, 1.807) is 12.1 Å². The molecule has 0 radical (unpaired) electrons. The van der Waals surface area contributed by atoms with Crippen molar-refractivity contribution < 1.29 is 23.9 Å². The normalized spacial score (nSPS) is 39.7. The summed E-state index contributed by atoms with van der Waals surface area (Å²) < 4.78 is 22.7. The van der Waals surface area contributed by atoms with Crippen molar-refractivity contribution in [2.24, 2.45) is 16.6 Å². The summed E-state index contributed by atoms with van der Waals surface area (Å²) in [6, 6.07) is 9.90. The first-order chi connectivity index (χ1) is 12.5. The van der Waals surface area contributed by atoms with Crippen LogP contribution in [0.2, 0.25) is 0 Å². The van der Waals surface area contributed by atoms with E-state index in [-0.39, 0.29) is 11.9 Å². The van der Waals surface area contributed by atoms with Crippen LogP contribution in [0.3, 0.4) is 0 Å². The Labute approximate surface area is 150 Å². The molecule has 4 rings (SSSR count). The Hall–Kier alpha value is -2.81. The fourth-order valence-corrected chi connectivity index (χ4v) is 4.57. The Morgan fingerprint density at radius 3 is 2.58 bits per heavy atom. The topological polar surface area (TPSA) is 124 Å². The number of nitrogens with two attached hydrogens (primary N) is 1. The second-order valence-corrected chi connectivity index (χ2v) is 6.75. The summed E-state index contributed by atoms with van der Waals surface area (Å²) in [4.78, 5) is 2.94. The number of nitrogens with one attached hydrogen (secondary N) is 1. The van der Waals surface area contributed by atoms with Crippen LogP contribution in [0.15, 0.2) is 18.2 Å². The van der Waals surface area contributed by atoms with Gasteiger partial charge in [0.25, 0.3) is 5.84 Å². The highest BCUT2D eigenvalue weighted by atomic mass is 16.8. The van der Waals surface area contributed by atoms with Crippen LogP contribution in [0.1, 0.15) is 18.4 Å². The lowest BCUT2D eigenvalue weighted by atomic mass is 9.93. The van der Waals surface area contributed by atoms with Crippen LogP contribution >= 0.6 is 0 Å². The molecule has 1 aromatic rings. The number of rotatable bonds is 3. The van der Waals surface area contributed by atoms with Crippen LogP contribution < -0.4 is 20.2 Å². The van der Waals surface area contributed by atoms with Gasteiger partial charge in [0, 0.05) is 5.56 Å². The van der Waals surface area contributed by atoms with E-state index in [0.29, 0.717) is 23.7 Å². The van der Waals surface area contributed by atoms with Crippen LogP contribution in [0.4, 0.5) is 0 Å². The molecular weight excluding hydrogens is 336 g/mol. The summed E-state index contributed by atoms with van der Waals surface area (Å²) in [5, 5.41) is 20.2. The molecule has 8 nitrogen and oxygen atoms in total. The van der Waals surface area contributed by atoms with Crippen LogP contribution in [0.5, 0.6) is 11.5 Å². The van der Waals surface area contributed by atoms with Crippen molar-refractivity contribution in [2.45, 2.75) is 24.9 Å². The Balaban J connectivity index is 1.95. The highest BCUT2D eigenvalue weighted by molar-refractivity contribution is 5.95. The summed E-state index contributed by atoms with van der Waals surface area (Å²) in [7, 11) is 3.05. The Bertz CT molecular complexity index is 903. The zero-order valence-electron chi connectivity index (χ0n) is 14.7. The third-order valence-electron chi connectivity index (χ3n) is 5.63. The lowest BCUT2D eigenvalue weighted by Crippen LogP contribution is -2.90. The summed E-state index contributed by atoms with van der Waals surface area (Å²) in [5.41, 5.74) is 4.26. The van der Waals surface area contributed by atoms with Gasteiger partial charge >= 0.3 is 5.91 Å². The van der Waals surface area contributed by atoms with E-state index in [1.165, 1.54) is 14.2 Å². The number of fused-ring (bicyclic) bond motifs is 2. The van der Waals surface area contributed by atoms with Crippen molar-refractivity contribution in [3.05, 3.63) is 23.8 Å². The standard InChI is InChI=1S/C18H18N4O4/c1-10-7-25-18(26-10)17(9-20)14(16(17,8-19)15(21)22-18)11-5-4-6-12(23-2)13(11)24-3/h4-6,10,14H,7H2,1-3H3,(H2,21,22)/p+1/t10-,14-,16-,17-,18-/m1/s1. The zero-order chi connectivity index (χ0) is 18.7. The van der Waals surface area contributed by atoms with Gasteiger partial charge in [0.2, 0.25) is 0 Å². The predicted octanol–water partition coefficient (Wildman–Crippen LogP) is -0.639. The first-order valence-corrected chi connectivity index (χ1v) is 8.24. The second kappa shape index (κ2) is 5.10. The maximum absolute atomic E-state index is 10.2. The third kappa shape index (κ3) is 1.53. The molecule has 1 aliphatic carbocycles. The average molecular weight is 355 g/mol. The predicted molar refractivity (Wildman–Crippen MR) is 87.8 cm³/mol. The van der Waals surface area contributed by atoms with Gasteiger partial charge in [-0.05, 0) is 13.0 Å². The fraction of sp³-hybridized carbons (Fsp3) is 0.500. The van der Waals surface area contributed by atoms with Crippen molar-refractivity contribution in [2.75, 3.05) is 20.8 Å². The van der Waals surface area contributed by atoms with Crippen LogP contribution in [-0.2, 0) is 9.47 Å². The first kappa shape index (κ1) is 16.6. The lowest BCUT2D eigenvalue weighted by Gasteiger charge is -2.24. The molecule has 2 fully saturated rings. The zero-order valence-corrected chi connectivity index (χ0v) is 14.7. The minimum absolute atomic E-state index is 0.172. The van der Waals surface area contributed by atoms with Gasteiger partial charge in [0.1, 0.15) is 0 Å². The first-order valence-electron chi connectivity index (χ1n) is 8.24. The minimum Gasteiger partial charge on any atom is -0.493 e. The van der Waals surface area contributed by atoms with Gasteiger partial charge in [0.05, 0.1) is 45.0 Å². The summed E-state index contributed by atoms with van der Waals surface area (Å²) in [6.45, 7) is 2.14. The number of nitrogens with zero attached hydrogens (tertiary/aromatic N) is 2. The van der Waals surface area contributed by atoms with E-state index in [9.17, 15) is 10.5 Å². The van der Waals surface area contributed by atoms with E-state index in [1.807, 2.05) is 13.0 Å². The molecule has 1 saturated carbocycles. The van der Waals surface area contributed by atoms with Gasteiger partial charge in [-0.25, -0.2) is 4.99 Å². The maximum Gasteiger partial charge on any atom is 0.343 e. The molecule has 3 aliphatic rings. The highest BCUT2D eigenvalue weighted by Gasteiger charge is 2.98. The number of amidine groups is 1. The Kier molecular flexibility index (Phi) is 3.27. The molecule has 0 unspecified atom stereocenters. The molecule has 1 spiro atoms. The van der Waals surface area contributed by atoms with Gasteiger partial charge in [-0.15, -0.1) is 0 Å². The van der Waals surface area contributed by atoms with Gasteiger partial charge in [-0.1, -0.05) is 12.1 Å². The maximum atomic E-state index is 10.2. The van der Waals surface area contributed by atoms with Crippen LogP contribution in [0.25, 0.3) is 0 Å². The molecule has 2 heterocycles. The highest BCUT2D eigenvalue weighted by Crippen LogP contribution is 2.80. The molecule has 2 aliphatic heterocycles. The van der Waals surface area contributed by atoms with Crippen LogP contribution in [-0.4, -0.2) is 38.7 Å². The van der Waals surface area contributed by atoms with Crippen molar-refractivity contribution >= 4 is 5.84 Å². The molecule has 0 bridgehead atoms. The summed E-state index contributed by atoms with van der Waals surface area (Å²) in [6.07, 6.45) is -0.233. The number of nitriles is 2. The molecule has 26 heavy (non-hydrogen) atoms. The fourth-order valence-electron chi connectivity index (χ4n) is 4.57. The van der Waals surface area contributed by atoms with Crippen molar-refractivity contribution in [1.82, 2.24) is 0 Å². The summed E-state index contributed by atoms with van der Waals surface area (Å²) >= 11 is 0. The van der Waals surface area contributed by atoms with E-state index < -0.39 is 22.7 Å². The molecule has 0 amide bonds. The monoisotopic (exact) mass is 355 g/mol. The van der Waals surface area contributed by atoms with Gasteiger partial charge in [-0.3, -0.25) is 5.73 Å². The smallest absolute Gasteiger partial charge is 0.343 e. The second-order valence-electron chi connectivity index (χ2n) is 6.75. The minimum atomic E-state index is -1.46. The van der Waals surface area contributed by atoms with Gasteiger partial charge < -0.3 is 18.9 Å². The van der Waals surface area contributed by atoms with E-state index in [0.717, 1.165) is 0 Å². The lowest BCUT2D eigenvalue weighted by molar-refractivity contribution is -0.677. The molecule has 1 saturated heterocycles. The molecule has 3 N–H and O–H groups in total. The van der Waals surface area contributed by atoms with Gasteiger partial charge in [-0.2, -0.15) is 10.5 Å². The Morgan fingerprint density at radius 2 is 2.04 bits per heavy atom. The van der Waals surface area contributed by atoms with E-state index in [4.69, 9.17) is 24.7 Å². The molecule has 8 heteroatoms. The average Bonchev–Trinajstić information content (AvgIpc) is 3.04. The quantitative estimate of drug-likeness (QED) is 0.739. The number of hydrogen-bond acceptors (Lipinski definition) is 7. The number of methoxy groups -OCH3 is 2. The summed E-state index contributed by atoms with van der Waals surface area (Å²) in [5.74, 6) is -0.891. The van der Waals surface area contributed by atoms with Crippen molar-refractivity contribution in [3.63, 3.8) is 0 Å². The number of benzene rings is 1. The van der Waals surface area contributed by atoms with Gasteiger partial charge in [0.15, 0.2) is 22.3 Å². The third-order valence-corrected chi connectivity index (χ3v) is 5.63. The number of ether oxygens (including phenoxy) is 4. The van der Waals surface area contributed by atoms with Crippen LogP contribution in [0, 0.1) is 33.5 Å². The molecule has 1 aromatic carbocycles. The van der Waals surface area contributed by atoms with E-state index >= 15 is 0 Å². The molecule has 134 valence electrons. The molecule has 0 aromatic heterocycles. The molecular formula is C18H19N4O4+. The Morgan fingerprint density at radius 1 is 1.27 bits per heavy atom. The SMILES string of the molecule is COc1cccc([C@H]2[C@@]3(C#N)[C@@]4([NH+]=C(N)[C@@]23C#N)OC[C@@H](C)O4)c1OC. The van der Waals surface area contributed by atoms with Crippen molar-refractivity contribution in [1.29, 1.82) is 10.5 Å². The van der Waals surface area contributed by atoms with E-state index in [2.05, 4.69) is 17.1 Å². The van der Waals surface area contributed by atoms with Crippen molar-refractivity contribution in [3.8, 4) is 23.6 Å². The largest absolute Gasteiger partial charge is 0.493 e. The number of hydrogen-bond donors (Lipinski definition) is 2.